The fourth-order valence-electron chi connectivity index (χ4n) is 2.89. The summed E-state index contributed by atoms with van der Waals surface area (Å²) in [7, 11) is -3.79. The van der Waals surface area contributed by atoms with Gasteiger partial charge in [-0.3, -0.25) is 4.79 Å². The Morgan fingerprint density at radius 2 is 2.00 bits per heavy atom. The Morgan fingerprint density at radius 3 is 2.56 bits per heavy atom. The topological polar surface area (TPSA) is 102 Å². The smallest absolute Gasteiger partial charge is 0.303 e. The average Bonchev–Trinajstić information content (AvgIpc) is 3.18. The monoisotopic (exact) mass is 468 g/mol. The molecular weight excluding hydrogens is 452 g/mol. The molecular formula is C18H17BrN2O4S2. The number of aryl methyl sites for hydroxylation is 2. The zero-order valence-corrected chi connectivity index (χ0v) is 17.6. The second-order valence-corrected chi connectivity index (χ2v) is 9.45. The molecule has 9 heteroatoms. The van der Waals surface area contributed by atoms with Crippen LogP contribution >= 0.6 is 27.3 Å². The standard InChI is InChI=1S/C18H17BrN2O4S2/c1-11-8-14(27(20,24)25)4-6-15(11)21-13(3-7-18(22)23)2-5-16(21)17-9-12(19)10-26-17/h2,4-6,8-10H,3,7H2,1H3,(H,22,23)(H2,20,24,25). The molecule has 0 atom stereocenters. The van der Waals surface area contributed by atoms with Crippen LogP contribution in [0.2, 0.25) is 0 Å². The van der Waals surface area contributed by atoms with Crippen LogP contribution in [0, 0.1) is 6.92 Å². The first-order chi connectivity index (χ1) is 12.7. The summed E-state index contributed by atoms with van der Waals surface area (Å²) in [4.78, 5) is 12.1. The molecule has 0 saturated carbocycles. The predicted molar refractivity (Wildman–Crippen MR) is 109 cm³/mol. The third kappa shape index (κ3) is 4.32. The quantitative estimate of drug-likeness (QED) is 0.571. The number of aromatic nitrogens is 1. The van der Waals surface area contributed by atoms with E-state index in [1.54, 1.807) is 24.3 Å². The van der Waals surface area contributed by atoms with Crippen LogP contribution in [-0.4, -0.2) is 24.1 Å². The first-order valence-corrected chi connectivity index (χ1v) is 11.2. The second kappa shape index (κ2) is 7.59. The first kappa shape index (κ1) is 19.8. The van der Waals surface area contributed by atoms with Gasteiger partial charge in [0.1, 0.15) is 0 Å². The van der Waals surface area contributed by atoms with Gasteiger partial charge in [0.25, 0.3) is 0 Å². The molecule has 0 aliphatic carbocycles. The van der Waals surface area contributed by atoms with Crippen LogP contribution in [0.4, 0.5) is 0 Å². The van der Waals surface area contributed by atoms with Crippen molar-refractivity contribution in [2.45, 2.75) is 24.7 Å². The number of rotatable bonds is 6. The van der Waals surface area contributed by atoms with Gasteiger partial charge in [0.15, 0.2) is 0 Å². The Bertz CT molecular complexity index is 1120. The molecule has 6 nitrogen and oxygen atoms in total. The first-order valence-electron chi connectivity index (χ1n) is 7.97. The lowest BCUT2D eigenvalue weighted by atomic mass is 10.1. The van der Waals surface area contributed by atoms with Crippen LogP contribution in [-0.2, 0) is 21.2 Å². The number of nitrogens with zero attached hydrogens (tertiary/aromatic N) is 1. The van der Waals surface area contributed by atoms with E-state index in [1.807, 2.05) is 28.1 Å². The van der Waals surface area contributed by atoms with E-state index in [-0.39, 0.29) is 11.3 Å². The minimum Gasteiger partial charge on any atom is -0.481 e. The van der Waals surface area contributed by atoms with Gasteiger partial charge in [-0.05, 0) is 71.2 Å². The van der Waals surface area contributed by atoms with E-state index < -0.39 is 16.0 Å². The Balaban J connectivity index is 2.17. The van der Waals surface area contributed by atoms with Crippen molar-refractivity contribution in [2.75, 3.05) is 0 Å². The largest absolute Gasteiger partial charge is 0.481 e. The summed E-state index contributed by atoms with van der Waals surface area (Å²) >= 11 is 5.02. The minimum atomic E-state index is -3.79. The Morgan fingerprint density at radius 1 is 1.26 bits per heavy atom. The highest BCUT2D eigenvalue weighted by molar-refractivity contribution is 9.10. The third-order valence-electron chi connectivity index (χ3n) is 4.11. The molecule has 3 N–H and O–H groups in total. The fourth-order valence-corrected chi connectivity index (χ4v) is 4.93. The Labute approximate surface area is 169 Å². The van der Waals surface area contributed by atoms with Gasteiger partial charge in [-0.2, -0.15) is 0 Å². The van der Waals surface area contributed by atoms with Gasteiger partial charge >= 0.3 is 5.97 Å². The van der Waals surface area contributed by atoms with Crippen molar-refractivity contribution in [3.05, 3.63) is 57.5 Å². The number of sulfonamides is 1. The number of halogens is 1. The summed E-state index contributed by atoms with van der Waals surface area (Å²) in [5.74, 6) is -0.871. The summed E-state index contributed by atoms with van der Waals surface area (Å²) < 4.78 is 26.2. The van der Waals surface area contributed by atoms with E-state index in [2.05, 4.69) is 15.9 Å². The molecule has 142 valence electrons. The van der Waals surface area contributed by atoms with Gasteiger partial charge in [0.2, 0.25) is 10.0 Å². The van der Waals surface area contributed by atoms with E-state index in [0.29, 0.717) is 6.42 Å². The molecule has 0 bridgehead atoms. The maximum absolute atomic E-state index is 11.6. The van der Waals surface area contributed by atoms with Crippen LogP contribution in [0.15, 0.2) is 51.1 Å². The van der Waals surface area contributed by atoms with Crippen LogP contribution in [0.1, 0.15) is 17.7 Å². The summed E-state index contributed by atoms with van der Waals surface area (Å²) in [6, 6.07) is 10.5. The van der Waals surface area contributed by atoms with Crippen LogP contribution in [0.3, 0.4) is 0 Å². The highest BCUT2D eigenvalue weighted by atomic mass is 79.9. The van der Waals surface area contributed by atoms with Crippen LogP contribution in [0.5, 0.6) is 0 Å². The number of hydrogen-bond acceptors (Lipinski definition) is 4. The van der Waals surface area contributed by atoms with Crippen molar-refractivity contribution < 1.29 is 18.3 Å². The lowest BCUT2D eigenvalue weighted by Gasteiger charge is -2.16. The molecule has 0 radical (unpaired) electrons. The zero-order valence-electron chi connectivity index (χ0n) is 14.3. The lowest BCUT2D eigenvalue weighted by Crippen LogP contribution is -2.13. The van der Waals surface area contributed by atoms with Gasteiger partial charge < -0.3 is 9.67 Å². The molecule has 0 unspecified atom stereocenters. The van der Waals surface area contributed by atoms with Gasteiger partial charge in [-0.1, -0.05) is 0 Å². The van der Waals surface area contributed by atoms with Crippen LogP contribution in [0.25, 0.3) is 16.3 Å². The third-order valence-corrected chi connectivity index (χ3v) is 6.74. The van der Waals surface area contributed by atoms with E-state index in [4.69, 9.17) is 10.2 Å². The summed E-state index contributed by atoms with van der Waals surface area (Å²) in [5, 5.41) is 16.2. The Kier molecular flexibility index (Phi) is 5.57. The van der Waals surface area contributed by atoms with Gasteiger partial charge in [0, 0.05) is 21.2 Å². The van der Waals surface area contributed by atoms with Crippen molar-refractivity contribution in [3.8, 4) is 16.3 Å². The number of benzene rings is 1. The molecule has 0 aliphatic heterocycles. The van der Waals surface area contributed by atoms with E-state index in [9.17, 15) is 13.2 Å². The zero-order chi connectivity index (χ0) is 19.8. The van der Waals surface area contributed by atoms with E-state index in [0.717, 1.165) is 32.0 Å². The summed E-state index contributed by atoms with van der Waals surface area (Å²) in [6.07, 6.45) is 0.365. The highest BCUT2D eigenvalue weighted by Gasteiger charge is 2.17. The van der Waals surface area contributed by atoms with E-state index in [1.165, 1.54) is 12.1 Å². The molecule has 0 fully saturated rings. The van der Waals surface area contributed by atoms with Crippen molar-refractivity contribution in [1.82, 2.24) is 4.57 Å². The fraction of sp³-hybridized carbons (Fsp3) is 0.167. The molecule has 3 rings (SSSR count). The summed E-state index contributed by atoms with van der Waals surface area (Å²) in [5.41, 5.74) is 3.26. The number of aliphatic carboxylic acids is 1. The SMILES string of the molecule is Cc1cc(S(N)(=O)=O)ccc1-n1c(CCC(=O)O)ccc1-c1cc(Br)cs1. The van der Waals surface area contributed by atoms with Crippen LogP contribution < -0.4 is 5.14 Å². The molecule has 0 spiro atoms. The average molecular weight is 469 g/mol. The maximum atomic E-state index is 11.6. The summed E-state index contributed by atoms with van der Waals surface area (Å²) in [6.45, 7) is 1.80. The maximum Gasteiger partial charge on any atom is 0.303 e. The normalized spacial score (nSPS) is 11.7. The number of carbonyl (C=O) groups is 1. The van der Waals surface area contributed by atoms with Crippen molar-refractivity contribution in [3.63, 3.8) is 0 Å². The molecule has 1 aromatic carbocycles. The van der Waals surface area contributed by atoms with Crippen molar-refractivity contribution >= 4 is 43.3 Å². The van der Waals surface area contributed by atoms with Crippen molar-refractivity contribution in [1.29, 1.82) is 0 Å². The molecule has 2 heterocycles. The second-order valence-electron chi connectivity index (χ2n) is 6.06. The number of carboxylic acid groups (broad SMARTS) is 1. The molecule has 2 aromatic heterocycles. The molecule has 3 aromatic rings. The van der Waals surface area contributed by atoms with E-state index >= 15 is 0 Å². The van der Waals surface area contributed by atoms with Crippen molar-refractivity contribution in [2.24, 2.45) is 5.14 Å². The molecule has 0 amide bonds. The minimum absolute atomic E-state index is 0.00585. The van der Waals surface area contributed by atoms with Gasteiger partial charge in [-0.25, -0.2) is 13.6 Å². The number of hydrogen-bond donors (Lipinski definition) is 2. The molecule has 27 heavy (non-hydrogen) atoms. The highest BCUT2D eigenvalue weighted by Crippen LogP contribution is 2.34. The Hall–Kier alpha value is -1.94. The lowest BCUT2D eigenvalue weighted by molar-refractivity contribution is -0.136. The number of thiophene rings is 1. The number of nitrogens with two attached hydrogens (primary N) is 1. The number of carboxylic acids is 1. The molecule has 0 aliphatic rings. The predicted octanol–water partition coefficient (Wildman–Crippen LogP) is 3.94. The van der Waals surface area contributed by atoms with Gasteiger partial charge in [-0.15, -0.1) is 11.3 Å². The number of primary sulfonamides is 1. The molecule has 0 saturated heterocycles. The van der Waals surface area contributed by atoms with Gasteiger partial charge in [0.05, 0.1) is 21.9 Å².